The SMILES string of the molecule is O=C(Nc1ccc(F)cc1)NC1C2CCN(CC2)C1Cc1cccnc1. The lowest BCUT2D eigenvalue weighted by molar-refractivity contribution is 0.0184. The first kappa shape index (κ1) is 17.0. The fourth-order valence-corrected chi connectivity index (χ4v) is 4.23. The molecule has 1 aromatic carbocycles. The van der Waals surface area contributed by atoms with E-state index in [2.05, 4.69) is 26.6 Å². The van der Waals surface area contributed by atoms with Crippen molar-refractivity contribution in [3.63, 3.8) is 0 Å². The van der Waals surface area contributed by atoms with Gasteiger partial charge in [-0.05, 0) is 74.2 Å². The average molecular weight is 354 g/mol. The summed E-state index contributed by atoms with van der Waals surface area (Å²) in [6, 6.07) is 10.0. The van der Waals surface area contributed by atoms with Crippen LogP contribution in [0.15, 0.2) is 48.8 Å². The molecule has 1 aromatic heterocycles. The van der Waals surface area contributed by atoms with Crippen LogP contribution in [0.1, 0.15) is 18.4 Å². The maximum absolute atomic E-state index is 13.0. The van der Waals surface area contributed by atoms with Gasteiger partial charge in [0.2, 0.25) is 0 Å². The number of carbonyl (C=O) groups is 1. The summed E-state index contributed by atoms with van der Waals surface area (Å²) < 4.78 is 13.0. The molecular weight excluding hydrogens is 331 g/mol. The van der Waals surface area contributed by atoms with Gasteiger partial charge in [-0.1, -0.05) is 6.07 Å². The number of amides is 2. The quantitative estimate of drug-likeness (QED) is 0.887. The lowest BCUT2D eigenvalue weighted by Crippen LogP contribution is -2.64. The van der Waals surface area contributed by atoms with E-state index in [0.29, 0.717) is 11.6 Å². The first-order chi connectivity index (χ1) is 12.7. The molecule has 2 amide bonds. The Bertz CT molecular complexity index is 744. The van der Waals surface area contributed by atoms with Gasteiger partial charge in [0.15, 0.2) is 0 Å². The topological polar surface area (TPSA) is 57.3 Å². The number of aromatic nitrogens is 1. The number of carbonyl (C=O) groups excluding carboxylic acids is 1. The summed E-state index contributed by atoms with van der Waals surface area (Å²) in [5, 5.41) is 5.99. The van der Waals surface area contributed by atoms with E-state index in [9.17, 15) is 9.18 Å². The first-order valence-electron chi connectivity index (χ1n) is 9.15. The van der Waals surface area contributed by atoms with Gasteiger partial charge in [0.1, 0.15) is 5.82 Å². The molecule has 4 heterocycles. The molecule has 3 saturated heterocycles. The van der Waals surface area contributed by atoms with E-state index in [1.807, 2.05) is 12.3 Å². The average Bonchev–Trinajstić information content (AvgIpc) is 2.67. The van der Waals surface area contributed by atoms with E-state index < -0.39 is 0 Å². The number of piperidine rings is 3. The highest BCUT2D eigenvalue weighted by Crippen LogP contribution is 2.34. The Morgan fingerprint density at radius 2 is 1.96 bits per heavy atom. The molecule has 5 nitrogen and oxygen atoms in total. The van der Waals surface area contributed by atoms with Crippen molar-refractivity contribution in [1.82, 2.24) is 15.2 Å². The maximum Gasteiger partial charge on any atom is 0.319 e. The van der Waals surface area contributed by atoms with Crippen LogP contribution in [0.5, 0.6) is 0 Å². The Labute approximate surface area is 152 Å². The third-order valence-electron chi connectivity index (χ3n) is 5.53. The summed E-state index contributed by atoms with van der Waals surface area (Å²) >= 11 is 0. The minimum atomic E-state index is -0.315. The minimum Gasteiger partial charge on any atom is -0.333 e. The Kier molecular flexibility index (Phi) is 4.84. The van der Waals surface area contributed by atoms with Crippen LogP contribution in [0.25, 0.3) is 0 Å². The van der Waals surface area contributed by atoms with Crippen LogP contribution in [0.3, 0.4) is 0 Å². The number of hydrogen-bond donors (Lipinski definition) is 2. The summed E-state index contributed by atoms with van der Waals surface area (Å²) in [6.07, 6.45) is 6.80. The molecule has 2 unspecified atom stereocenters. The first-order valence-corrected chi connectivity index (χ1v) is 9.15. The van der Waals surface area contributed by atoms with E-state index in [4.69, 9.17) is 0 Å². The Hall–Kier alpha value is -2.47. The molecule has 2 N–H and O–H groups in total. The molecule has 0 saturated carbocycles. The number of nitrogens with zero attached hydrogens (tertiary/aromatic N) is 2. The number of anilines is 1. The van der Waals surface area contributed by atoms with Crippen molar-refractivity contribution in [2.45, 2.75) is 31.3 Å². The number of hydrogen-bond acceptors (Lipinski definition) is 3. The van der Waals surface area contributed by atoms with Crippen molar-refractivity contribution < 1.29 is 9.18 Å². The van der Waals surface area contributed by atoms with Gasteiger partial charge in [0.25, 0.3) is 0 Å². The molecule has 2 aromatic rings. The number of pyridine rings is 1. The summed E-state index contributed by atoms with van der Waals surface area (Å²) in [4.78, 5) is 19.2. The largest absolute Gasteiger partial charge is 0.333 e. The van der Waals surface area contributed by atoms with Gasteiger partial charge in [0, 0.05) is 30.2 Å². The van der Waals surface area contributed by atoms with Crippen molar-refractivity contribution in [3.8, 4) is 0 Å². The molecule has 6 heteroatoms. The second kappa shape index (κ2) is 7.41. The molecule has 26 heavy (non-hydrogen) atoms. The van der Waals surface area contributed by atoms with E-state index in [1.54, 1.807) is 18.3 Å². The molecule has 0 radical (unpaired) electrons. The zero-order valence-corrected chi connectivity index (χ0v) is 14.6. The van der Waals surface area contributed by atoms with Crippen LogP contribution in [-0.2, 0) is 6.42 Å². The predicted octanol–water partition coefficient (Wildman–Crippen LogP) is 3.05. The molecule has 0 aliphatic carbocycles. The van der Waals surface area contributed by atoms with Gasteiger partial charge in [-0.15, -0.1) is 0 Å². The van der Waals surface area contributed by atoms with E-state index in [-0.39, 0.29) is 23.9 Å². The van der Waals surface area contributed by atoms with Crippen LogP contribution >= 0.6 is 0 Å². The maximum atomic E-state index is 13.0. The molecule has 3 fully saturated rings. The van der Waals surface area contributed by atoms with Crippen molar-refractivity contribution >= 4 is 11.7 Å². The van der Waals surface area contributed by atoms with Crippen LogP contribution in [-0.4, -0.2) is 41.1 Å². The third kappa shape index (κ3) is 3.70. The summed E-state index contributed by atoms with van der Waals surface area (Å²) in [7, 11) is 0. The highest BCUT2D eigenvalue weighted by atomic mass is 19.1. The van der Waals surface area contributed by atoms with Gasteiger partial charge < -0.3 is 10.6 Å². The monoisotopic (exact) mass is 354 g/mol. The van der Waals surface area contributed by atoms with Crippen LogP contribution in [0, 0.1) is 11.7 Å². The smallest absolute Gasteiger partial charge is 0.319 e. The number of benzene rings is 1. The van der Waals surface area contributed by atoms with Crippen molar-refractivity contribution in [3.05, 3.63) is 60.2 Å². The highest BCUT2D eigenvalue weighted by Gasteiger charge is 2.42. The minimum absolute atomic E-state index is 0.109. The second-order valence-corrected chi connectivity index (χ2v) is 7.14. The number of urea groups is 1. The predicted molar refractivity (Wildman–Crippen MR) is 98.4 cm³/mol. The van der Waals surface area contributed by atoms with Crippen molar-refractivity contribution in [2.24, 2.45) is 5.92 Å². The second-order valence-electron chi connectivity index (χ2n) is 7.14. The van der Waals surface area contributed by atoms with Gasteiger partial charge >= 0.3 is 6.03 Å². The summed E-state index contributed by atoms with van der Waals surface area (Å²) in [5.41, 5.74) is 1.78. The van der Waals surface area contributed by atoms with Gasteiger partial charge in [-0.2, -0.15) is 0 Å². The zero-order chi connectivity index (χ0) is 17.9. The standard InChI is InChI=1S/C20H23FN4O/c21-16-3-5-17(6-4-16)23-20(26)24-19-15-7-10-25(11-8-15)18(19)12-14-2-1-9-22-13-14/h1-6,9,13,15,18-19H,7-8,10-12H2,(H2,23,24,26). The molecule has 136 valence electrons. The van der Waals surface area contributed by atoms with Crippen LogP contribution < -0.4 is 10.6 Å². The zero-order valence-electron chi connectivity index (χ0n) is 14.6. The number of rotatable bonds is 4. The molecular formula is C20H23FN4O. The molecule has 0 spiro atoms. The van der Waals surface area contributed by atoms with Crippen molar-refractivity contribution in [2.75, 3.05) is 18.4 Å². The van der Waals surface area contributed by atoms with E-state index in [0.717, 1.165) is 32.4 Å². The summed E-state index contributed by atoms with van der Waals surface area (Å²) in [5.74, 6) is 0.186. The fourth-order valence-electron chi connectivity index (χ4n) is 4.23. The molecule has 3 aliphatic heterocycles. The fraction of sp³-hybridized carbons (Fsp3) is 0.400. The van der Waals surface area contributed by atoms with Gasteiger partial charge in [-0.3, -0.25) is 9.88 Å². The van der Waals surface area contributed by atoms with Gasteiger partial charge in [0.05, 0.1) is 0 Å². The number of fused-ring (bicyclic) bond motifs is 3. The number of nitrogens with one attached hydrogen (secondary N) is 2. The normalized spacial score (nSPS) is 27.1. The number of halogens is 1. The lowest BCUT2D eigenvalue weighted by atomic mass is 9.77. The third-order valence-corrected chi connectivity index (χ3v) is 5.53. The van der Waals surface area contributed by atoms with E-state index in [1.165, 1.54) is 17.7 Å². The lowest BCUT2D eigenvalue weighted by Gasteiger charge is -2.51. The molecule has 5 rings (SSSR count). The highest BCUT2D eigenvalue weighted by molar-refractivity contribution is 5.89. The van der Waals surface area contributed by atoms with Gasteiger partial charge in [-0.25, -0.2) is 9.18 Å². The van der Waals surface area contributed by atoms with Crippen molar-refractivity contribution in [1.29, 1.82) is 0 Å². The van der Waals surface area contributed by atoms with Crippen LogP contribution in [0.2, 0.25) is 0 Å². The molecule has 2 atom stereocenters. The van der Waals surface area contributed by atoms with Crippen LogP contribution in [0.4, 0.5) is 14.9 Å². The Balaban J connectivity index is 1.45. The Morgan fingerprint density at radius 3 is 2.65 bits per heavy atom. The molecule has 3 aliphatic rings. The Morgan fingerprint density at radius 1 is 1.19 bits per heavy atom. The summed E-state index contributed by atoms with van der Waals surface area (Å²) in [6.45, 7) is 2.18. The molecule has 2 bridgehead atoms. The van der Waals surface area contributed by atoms with E-state index >= 15 is 0 Å².